The van der Waals surface area contributed by atoms with E-state index >= 15 is 0 Å². The molecule has 2 aromatic heterocycles. The topological polar surface area (TPSA) is 64.3 Å². The zero-order chi connectivity index (χ0) is 14.3. The van der Waals surface area contributed by atoms with Crippen molar-refractivity contribution < 1.29 is 4.74 Å². The van der Waals surface area contributed by atoms with Gasteiger partial charge in [0.15, 0.2) is 0 Å². The van der Waals surface area contributed by atoms with Crippen LogP contribution in [0.3, 0.4) is 0 Å². The molecule has 2 aromatic rings. The Bertz CT molecular complexity index is 625. The fourth-order valence-electron chi connectivity index (χ4n) is 2.76. The Morgan fingerprint density at radius 3 is 3.05 bits per heavy atom. The number of anilines is 1. The van der Waals surface area contributed by atoms with E-state index < -0.39 is 0 Å². The molecule has 1 saturated heterocycles. The van der Waals surface area contributed by atoms with E-state index in [1.165, 1.54) is 5.56 Å². The summed E-state index contributed by atoms with van der Waals surface area (Å²) in [5.74, 6) is 1.00. The molecule has 0 bridgehead atoms. The summed E-state index contributed by atoms with van der Waals surface area (Å²) in [6.45, 7) is 8.40. The molecule has 1 unspecified atom stereocenters. The Hall–Kier alpha value is -1.24. The second-order valence-electron chi connectivity index (χ2n) is 5.91. The minimum absolute atomic E-state index is 0.0461. The Labute approximate surface area is 122 Å². The van der Waals surface area contributed by atoms with E-state index in [-0.39, 0.29) is 11.7 Å². The van der Waals surface area contributed by atoms with E-state index in [2.05, 4.69) is 41.0 Å². The van der Waals surface area contributed by atoms with Gasteiger partial charge >= 0.3 is 0 Å². The van der Waals surface area contributed by atoms with E-state index in [0.29, 0.717) is 6.54 Å². The molecule has 1 aliphatic rings. The van der Waals surface area contributed by atoms with Crippen molar-refractivity contribution in [3.05, 3.63) is 17.3 Å². The number of rotatable bonds is 2. The van der Waals surface area contributed by atoms with Gasteiger partial charge in [-0.1, -0.05) is 0 Å². The van der Waals surface area contributed by atoms with Gasteiger partial charge in [-0.2, -0.15) is 0 Å². The summed E-state index contributed by atoms with van der Waals surface area (Å²) in [7, 11) is 0. The number of thiophene rings is 1. The van der Waals surface area contributed by atoms with E-state index in [4.69, 9.17) is 10.5 Å². The second kappa shape index (κ2) is 4.95. The molecule has 108 valence electrons. The first-order valence-electron chi connectivity index (χ1n) is 6.82. The SMILES string of the molecule is Cc1csc2c(N3CC(CN)OC(C)(C)C3)ncnc12. The minimum Gasteiger partial charge on any atom is -0.367 e. The molecule has 1 aliphatic heterocycles. The molecule has 2 N–H and O–H groups in total. The van der Waals surface area contributed by atoms with Gasteiger partial charge in [-0.05, 0) is 31.7 Å². The maximum Gasteiger partial charge on any atom is 0.150 e. The monoisotopic (exact) mass is 292 g/mol. The van der Waals surface area contributed by atoms with Crippen LogP contribution < -0.4 is 10.6 Å². The van der Waals surface area contributed by atoms with Crippen LogP contribution in [0.4, 0.5) is 5.82 Å². The number of aryl methyl sites for hydroxylation is 1. The molecular formula is C14H20N4OS. The van der Waals surface area contributed by atoms with Gasteiger partial charge in [0.2, 0.25) is 0 Å². The van der Waals surface area contributed by atoms with E-state index in [1.54, 1.807) is 17.7 Å². The van der Waals surface area contributed by atoms with Gasteiger partial charge in [-0.15, -0.1) is 11.3 Å². The maximum atomic E-state index is 5.99. The van der Waals surface area contributed by atoms with Crippen LogP contribution in [0.5, 0.6) is 0 Å². The van der Waals surface area contributed by atoms with Crippen LogP contribution in [0.25, 0.3) is 10.2 Å². The van der Waals surface area contributed by atoms with Gasteiger partial charge in [-0.3, -0.25) is 0 Å². The summed E-state index contributed by atoms with van der Waals surface area (Å²) in [6.07, 6.45) is 1.70. The summed E-state index contributed by atoms with van der Waals surface area (Å²) in [5.41, 5.74) is 7.84. The summed E-state index contributed by atoms with van der Waals surface area (Å²) in [5, 5.41) is 2.13. The van der Waals surface area contributed by atoms with Gasteiger partial charge in [-0.25, -0.2) is 9.97 Å². The minimum atomic E-state index is -0.216. The van der Waals surface area contributed by atoms with Crippen LogP contribution in [0.15, 0.2) is 11.7 Å². The lowest BCUT2D eigenvalue weighted by molar-refractivity contribution is -0.0789. The highest BCUT2D eigenvalue weighted by atomic mass is 32.1. The maximum absolute atomic E-state index is 5.99. The number of hydrogen-bond acceptors (Lipinski definition) is 6. The number of nitrogens with two attached hydrogens (primary N) is 1. The number of nitrogens with zero attached hydrogens (tertiary/aromatic N) is 3. The Balaban J connectivity index is 2.01. The van der Waals surface area contributed by atoms with Gasteiger partial charge in [0.05, 0.1) is 21.9 Å². The van der Waals surface area contributed by atoms with E-state index in [0.717, 1.165) is 29.1 Å². The molecular weight excluding hydrogens is 272 g/mol. The van der Waals surface area contributed by atoms with E-state index in [9.17, 15) is 0 Å². The fraction of sp³-hybridized carbons (Fsp3) is 0.571. The Morgan fingerprint density at radius 2 is 2.30 bits per heavy atom. The predicted octanol–water partition coefficient (Wildman–Crippen LogP) is 1.94. The predicted molar refractivity (Wildman–Crippen MR) is 82.4 cm³/mol. The average Bonchev–Trinajstić information content (AvgIpc) is 2.79. The zero-order valence-electron chi connectivity index (χ0n) is 12.1. The van der Waals surface area contributed by atoms with Crippen LogP contribution >= 0.6 is 11.3 Å². The number of aromatic nitrogens is 2. The molecule has 1 atom stereocenters. The molecule has 3 heterocycles. The lowest BCUT2D eigenvalue weighted by Crippen LogP contribution is -2.55. The third kappa shape index (κ3) is 2.39. The standard InChI is InChI=1S/C14H20N4OS/c1-9-6-20-12-11(9)16-8-17-13(12)18-5-10(4-15)19-14(2,3)7-18/h6,8,10H,4-5,7,15H2,1-3H3. The number of hydrogen-bond donors (Lipinski definition) is 1. The van der Waals surface area contributed by atoms with Crippen molar-refractivity contribution in [3.8, 4) is 0 Å². The second-order valence-corrected chi connectivity index (χ2v) is 6.79. The van der Waals surface area contributed by atoms with Crippen molar-refractivity contribution >= 4 is 27.4 Å². The van der Waals surface area contributed by atoms with Crippen molar-refractivity contribution in [2.24, 2.45) is 5.73 Å². The molecule has 0 aliphatic carbocycles. The molecule has 0 radical (unpaired) electrons. The van der Waals surface area contributed by atoms with Gasteiger partial charge in [0, 0.05) is 19.6 Å². The molecule has 0 spiro atoms. The molecule has 0 amide bonds. The molecule has 20 heavy (non-hydrogen) atoms. The number of fused-ring (bicyclic) bond motifs is 1. The van der Waals surface area contributed by atoms with Crippen LogP contribution in [-0.2, 0) is 4.74 Å². The van der Waals surface area contributed by atoms with Crippen LogP contribution in [0.2, 0.25) is 0 Å². The highest BCUT2D eigenvalue weighted by molar-refractivity contribution is 7.18. The lowest BCUT2D eigenvalue weighted by Gasteiger charge is -2.43. The summed E-state index contributed by atoms with van der Waals surface area (Å²) < 4.78 is 7.14. The van der Waals surface area contributed by atoms with Gasteiger partial charge in [0.1, 0.15) is 12.1 Å². The van der Waals surface area contributed by atoms with Crippen molar-refractivity contribution in [1.82, 2.24) is 9.97 Å². The average molecular weight is 292 g/mol. The fourth-order valence-corrected chi connectivity index (χ4v) is 3.78. The van der Waals surface area contributed by atoms with Crippen molar-refractivity contribution in [3.63, 3.8) is 0 Å². The van der Waals surface area contributed by atoms with Crippen LogP contribution in [0.1, 0.15) is 19.4 Å². The number of ether oxygens (including phenoxy) is 1. The van der Waals surface area contributed by atoms with Gasteiger partial charge < -0.3 is 15.4 Å². The van der Waals surface area contributed by atoms with Crippen molar-refractivity contribution in [1.29, 1.82) is 0 Å². The normalized spacial score (nSPS) is 22.4. The summed E-state index contributed by atoms with van der Waals surface area (Å²) in [4.78, 5) is 11.2. The van der Waals surface area contributed by atoms with Crippen LogP contribution in [-0.4, -0.2) is 41.3 Å². The largest absolute Gasteiger partial charge is 0.367 e. The van der Waals surface area contributed by atoms with Crippen molar-refractivity contribution in [2.75, 3.05) is 24.5 Å². The Kier molecular flexibility index (Phi) is 3.40. The molecule has 5 nitrogen and oxygen atoms in total. The van der Waals surface area contributed by atoms with Crippen molar-refractivity contribution in [2.45, 2.75) is 32.5 Å². The first kappa shape index (κ1) is 13.7. The third-order valence-corrected chi connectivity index (χ3v) is 4.64. The number of morpholine rings is 1. The Morgan fingerprint density at radius 1 is 1.50 bits per heavy atom. The lowest BCUT2D eigenvalue weighted by atomic mass is 10.1. The third-order valence-electron chi connectivity index (χ3n) is 3.56. The smallest absolute Gasteiger partial charge is 0.150 e. The zero-order valence-corrected chi connectivity index (χ0v) is 12.9. The summed E-state index contributed by atoms with van der Waals surface area (Å²) >= 11 is 1.70. The summed E-state index contributed by atoms with van der Waals surface area (Å²) in [6, 6.07) is 0. The first-order valence-corrected chi connectivity index (χ1v) is 7.70. The highest BCUT2D eigenvalue weighted by Crippen LogP contribution is 2.33. The first-order chi connectivity index (χ1) is 9.50. The molecule has 0 saturated carbocycles. The highest BCUT2D eigenvalue weighted by Gasteiger charge is 2.34. The molecule has 6 heteroatoms. The molecule has 0 aromatic carbocycles. The molecule has 3 rings (SSSR count). The quantitative estimate of drug-likeness (QED) is 0.916. The van der Waals surface area contributed by atoms with Crippen LogP contribution in [0, 0.1) is 6.92 Å². The van der Waals surface area contributed by atoms with Gasteiger partial charge in [0.25, 0.3) is 0 Å². The van der Waals surface area contributed by atoms with E-state index in [1.807, 2.05) is 0 Å². The molecule has 1 fully saturated rings.